The summed E-state index contributed by atoms with van der Waals surface area (Å²) in [6.45, 7) is 4.63. The third kappa shape index (κ3) is 4.87. The van der Waals surface area contributed by atoms with Crippen molar-refractivity contribution >= 4 is 40.9 Å². The summed E-state index contributed by atoms with van der Waals surface area (Å²) in [4.78, 5) is 12.5. The second kappa shape index (κ2) is 9.45. The zero-order valence-corrected chi connectivity index (χ0v) is 17.9. The van der Waals surface area contributed by atoms with Crippen LogP contribution in [-0.2, 0) is 12.3 Å². The van der Waals surface area contributed by atoms with Crippen molar-refractivity contribution in [3.63, 3.8) is 0 Å². The summed E-state index contributed by atoms with van der Waals surface area (Å²) in [7, 11) is 0. The molecule has 3 aromatic rings. The smallest absolute Gasteiger partial charge is 0.251 e. The van der Waals surface area contributed by atoms with Crippen molar-refractivity contribution in [2.24, 2.45) is 0 Å². The van der Waals surface area contributed by atoms with E-state index in [1.807, 2.05) is 42.7 Å². The normalized spacial score (nSPS) is 12.0. The van der Waals surface area contributed by atoms with Crippen LogP contribution in [0.15, 0.2) is 53.7 Å². The van der Waals surface area contributed by atoms with Gasteiger partial charge in [0.05, 0.1) is 6.04 Å². The molecule has 28 heavy (non-hydrogen) atoms. The van der Waals surface area contributed by atoms with Crippen LogP contribution in [-0.4, -0.2) is 20.7 Å². The molecule has 0 aliphatic rings. The first-order valence-corrected chi connectivity index (χ1v) is 10.6. The molecular weight excluding hydrogens is 415 g/mol. The highest BCUT2D eigenvalue weighted by Crippen LogP contribution is 2.27. The van der Waals surface area contributed by atoms with E-state index in [2.05, 4.69) is 15.5 Å². The molecular formula is C20H20Cl2N4OS. The highest BCUT2D eigenvalue weighted by atomic mass is 35.5. The van der Waals surface area contributed by atoms with Crippen molar-refractivity contribution in [2.75, 3.05) is 0 Å². The molecule has 1 amide bonds. The first kappa shape index (κ1) is 20.7. The second-order valence-electron chi connectivity index (χ2n) is 6.17. The van der Waals surface area contributed by atoms with Gasteiger partial charge in [-0.25, -0.2) is 0 Å². The van der Waals surface area contributed by atoms with Gasteiger partial charge in [-0.3, -0.25) is 4.79 Å². The topological polar surface area (TPSA) is 59.8 Å². The van der Waals surface area contributed by atoms with Gasteiger partial charge < -0.3 is 9.88 Å². The van der Waals surface area contributed by atoms with Gasteiger partial charge in [0.15, 0.2) is 11.0 Å². The monoisotopic (exact) mass is 434 g/mol. The molecule has 1 heterocycles. The van der Waals surface area contributed by atoms with Crippen molar-refractivity contribution in [1.82, 2.24) is 20.1 Å². The molecule has 0 aliphatic heterocycles. The van der Waals surface area contributed by atoms with E-state index in [-0.39, 0.29) is 11.9 Å². The average molecular weight is 435 g/mol. The molecule has 0 radical (unpaired) electrons. The van der Waals surface area contributed by atoms with Gasteiger partial charge in [0, 0.05) is 27.9 Å². The van der Waals surface area contributed by atoms with Crippen molar-refractivity contribution in [1.29, 1.82) is 0 Å². The van der Waals surface area contributed by atoms with E-state index in [9.17, 15) is 4.79 Å². The molecule has 2 aromatic carbocycles. The SMILES string of the molecule is CCn1c(SCc2ccccc2Cl)nnc1[C@@H](C)NC(=O)c1ccc(Cl)cc1. The summed E-state index contributed by atoms with van der Waals surface area (Å²) in [5.74, 6) is 1.23. The predicted molar refractivity (Wildman–Crippen MR) is 114 cm³/mol. The van der Waals surface area contributed by atoms with E-state index in [4.69, 9.17) is 23.2 Å². The fourth-order valence-electron chi connectivity index (χ4n) is 2.73. The van der Waals surface area contributed by atoms with Gasteiger partial charge in [0.1, 0.15) is 0 Å². The maximum absolute atomic E-state index is 12.5. The number of nitrogens with one attached hydrogen (secondary N) is 1. The summed E-state index contributed by atoms with van der Waals surface area (Å²) in [6, 6.07) is 14.2. The van der Waals surface area contributed by atoms with Crippen molar-refractivity contribution < 1.29 is 4.79 Å². The summed E-state index contributed by atoms with van der Waals surface area (Å²) in [5.41, 5.74) is 1.59. The number of benzene rings is 2. The first-order valence-electron chi connectivity index (χ1n) is 8.85. The lowest BCUT2D eigenvalue weighted by molar-refractivity contribution is 0.0937. The second-order valence-corrected chi connectivity index (χ2v) is 7.95. The molecule has 0 bridgehead atoms. The van der Waals surface area contributed by atoms with Crippen LogP contribution >= 0.6 is 35.0 Å². The molecule has 0 saturated carbocycles. The summed E-state index contributed by atoms with van der Waals surface area (Å²) in [6.07, 6.45) is 0. The number of rotatable bonds is 7. The molecule has 5 nitrogen and oxygen atoms in total. The molecule has 0 fully saturated rings. The summed E-state index contributed by atoms with van der Waals surface area (Å²) >= 11 is 13.7. The number of carbonyl (C=O) groups is 1. The predicted octanol–water partition coefficient (Wildman–Crippen LogP) is 5.39. The maximum Gasteiger partial charge on any atom is 0.251 e. The molecule has 0 saturated heterocycles. The summed E-state index contributed by atoms with van der Waals surface area (Å²) in [5, 5.41) is 13.7. The Morgan fingerprint density at radius 3 is 2.54 bits per heavy atom. The zero-order valence-electron chi connectivity index (χ0n) is 15.5. The largest absolute Gasteiger partial charge is 0.342 e. The number of hydrogen-bond acceptors (Lipinski definition) is 4. The van der Waals surface area contributed by atoms with Crippen LogP contribution in [0.1, 0.15) is 41.6 Å². The van der Waals surface area contributed by atoms with Crippen molar-refractivity contribution in [2.45, 2.75) is 37.3 Å². The fourth-order valence-corrected chi connectivity index (χ4v) is 4.15. The van der Waals surface area contributed by atoms with Crippen LogP contribution in [0.5, 0.6) is 0 Å². The number of thioether (sulfide) groups is 1. The van der Waals surface area contributed by atoms with Crippen LogP contribution in [0.2, 0.25) is 10.0 Å². The van der Waals surface area contributed by atoms with Gasteiger partial charge in [0.25, 0.3) is 5.91 Å². The zero-order chi connectivity index (χ0) is 20.1. The van der Waals surface area contributed by atoms with Crippen molar-refractivity contribution in [3.05, 3.63) is 75.5 Å². The van der Waals surface area contributed by atoms with E-state index in [1.165, 1.54) is 0 Å². The fraction of sp³-hybridized carbons (Fsp3) is 0.250. The lowest BCUT2D eigenvalue weighted by atomic mass is 10.2. The lowest BCUT2D eigenvalue weighted by Crippen LogP contribution is -2.28. The molecule has 0 spiro atoms. The van der Waals surface area contributed by atoms with E-state index in [0.717, 1.165) is 15.7 Å². The molecule has 0 unspecified atom stereocenters. The molecule has 1 N–H and O–H groups in total. The molecule has 3 rings (SSSR count). The molecule has 1 aromatic heterocycles. The van der Waals surface area contributed by atoms with Crippen molar-refractivity contribution in [3.8, 4) is 0 Å². The Morgan fingerprint density at radius 1 is 1.14 bits per heavy atom. The van der Waals surface area contributed by atoms with Crippen LogP contribution in [0.25, 0.3) is 0 Å². The minimum Gasteiger partial charge on any atom is -0.342 e. The van der Waals surface area contributed by atoms with Gasteiger partial charge in [0.2, 0.25) is 0 Å². The van der Waals surface area contributed by atoms with Crippen LogP contribution in [0.3, 0.4) is 0 Å². The first-order chi connectivity index (χ1) is 13.5. The van der Waals surface area contributed by atoms with Crippen LogP contribution in [0.4, 0.5) is 0 Å². The highest BCUT2D eigenvalue weighted by molar-refractivity contribution is 7.98. The number of hydrogen-bond donors (Lipinski definition) is 1. The Balaban J connectivity index is 1.70. The van der Waals surface area contributed by atoms with E-state index in [0.29, 0.717) is 28.7 Å². The van der Waals surface area contributed by atoms with Crippen LogP contribution in [0, 0.1) is 0 Å². The molecule has 146 valence electrons. The Hall–Kier alpha value is -2.02. The Labute approximate surface area is 178 Å². The lowest BCUT2D eigenvalue weighted by Gasteiger charge is -2.15. The number of carbonyl (C=O) groups excluding carboxylic acids is 1. The third-order valence-corrected chi connectivity index (χ3v) is 5.85. The minimum absolute atomic E-state index is 0.180. The minimum atomic E-state index is -0.287. The Bertz CT molecular complexity index is 959. The van der Waals surface area contributed by atoms with Gasteiger partial charge in [-0.2, -0.15) is 0 Å². The Kier molecular flexibility index (Phi) is 6.99. The molecule has 1 atom stereocenters. The average Bonchev–Trinajstić information content (AvgIpc) is 3.11. The van der Waals surface area contributed by atoms with Gasteiger partial charge in [-0.1, -0.05) is 53.2 Å². The molecule has 8 heteroatoms. The highest BCUT2D eigenvalue weighted by Gasteiger charge is 2.19. The number of aromatic nitrogens is 3. The third-order valence-electron chi connectivity index (χ3n) is 4.22. The quantitative estimate of drug-likeness (QED) is 0.506. The van der Waals surface area contributed by atoms with E-state index in [1.54, 1.807) is 36.0 Å². The standard InChI is InChI=1S/C20H20Cl2N4OS/c1-3-26-18(13(2)23-19(27)14-8-10-16(21)11-9-14)24-25-20(26)28-12-15-6-4-5-7-17(15)22/h4-11,13H,3,12H2,1-2H3,(H,23,27)/t13-/m1/s1. The van der Waals surface area contributed by atoms with E-state index >= 15 is 0 Å². The summed E-state index contributed by atoms with van der Waals surface area (Å²) < 4.78 is 2.01. The Morgan fingerprint density at radius 2 is 1.86 bits per heavy atom. The number of amides is 1. The van der Waals surface area contributed by atoms with Crippen LogP contribution < -0.4 is 5.32 Å². The van der Waals surface area contributed by atoms with Gasteiger partial charge >= 0.3 is 0 Å². The molecule has 0 aliphatic carbocycles. The number of halogens is 2. The number of nitrogens with zero attached hydrogens (tertiary/aromatic N) is 3. The maximum atomic E-state index is 12.5. The van der Waals surface area contributed by atoms with E-state index < -0.39 is 0 Å². The van der Waals surface area contributed by atoms with Gasteiger partial charge in [-0.05, 0) is 49.7 Å². The van der Waals surface area contributed by atoms with Gasteiger partial charge in [-0.15, -0.1) is 10.2 Å².